The summed E-state index contributed by atoms with van der Waals surface area (Å²) >= 11 is 7.40. The molecule has 1 amide bonds. The van der Waals surface area contributed by atoms with Gasteiger partial charge in [0.2, 0.25) is 0 Å². The van der Waals surface area contributed by atoms with E-state index in [1.165, 1.54) is 11.3 Å². The van der Waals surface area contributed by atoms with Gasteiger partial charge in [-0.3, -0.25) is 14.2 Å². The molecule has 1 N–H and O–H groups in total. The largest absolute Gasteiger partial charge is 0.457 e. The highest BCUT2D eigenvalue weighted by Crippen LogP contribution is 2.31. The molecule has 0 spiro atoms. The summed E-state index contributed by atoms with van der Waals surface area (Å²) in [6.07, 6.45) is 1.71. The summed E-state index contributed by atoms with van der Waals surface area (Å²) < 4.78 is 8.07. The normalized spacial score (nSPS) is 15.1. The number of anilines is 1. The summed E-state index contributed by atoms with van der Waals surface area (Å²) in [6.45, 7) is 1.80. The first-order chi connectivity index (χ1) is 19.0. The Kier molecular flexibility index (Phi) is 6.60. The second-order valence-corrected chi connectivity index (χ2v) is 10.5. The summed E-state index contributed by atoms with van der Waals surface area (Å²) in [6, 6.07) is 29.2. The Labute approximate surface area is 232 Å². The van der Waals surface area contributed by atoms with E-state index in [9.17, 15) is 9.59 Å². The molecule has 0 saturated heterocycles. The molecule has 1 atom stereocenters. The molecule has 2 aromatic heterocycles. The zero-order chi connectivity index (χ0) is 26.9. The first-order valence-electron chi connectivity index (χ1n) is 12.3. The fraction of sp³-hybridized carbons (Fsp3) is 0.0645. The van der Waals surface area contributed by atoms with E-state index in [1.54, 1.807) is 23.6 Å². The van der Waals surface area contributed by atoms with Crippen LogP contribution in [0, 0.1) is 0 Å². The average molecular weight is 552 g/mol. The van der Waals surface area contributed by atoms with Gasteiger partial charge in [-0.05, 0) is 48.9 Å². The van der Waals surface area contributed by atoms with Gasteiger partial charge in [0, 0.05) is 22.3 Å². The van der Waals surface area contributed by atoms with Crippen molar-refractivity contribution in [1.29, 1.82) is 0 Å². The topological polar surface area (TPSA) is 76.6 Å². The number of nitrogens with zero attached hydrogens (tertiary/aromatic N) is 2. The number of thiazole rings is 1. The molecule has 192 valence electrons. The van der Waals surface area contributed by atoms with Crippen molar-refractivity contribution in [2.24, 2.45) is 4.99 Å². The number of hydrogen-bond donors (Lipinski definition) is 1. The number of para-hydroxylation sites is 1. The van der Waals surface area contributed by atoms with Crippen LogP contribution in [0.2, 0.25) is 5.02 Å². The molecule has 1 unspecified atom stereocenters. The minimum absolute atomic E-state index is 0.245. The number of amides is 1. The number of allylic oxidation sites excluding steroid dienone is 1. The van der Waals surface area contributed by atoms with Crippen molar-refractivity contribution in [1.82, 2.24) is 4.57 Å². The lowest BCUT2D eigenvalue weighted by Crippen LogP contribution is -2.40. The number of hydrogen-bond acceptors (Lipinski definition) is 5. The van der Waals surface area contributed by atoms with Gasteiger partial charge in [0.1, 0.15) is 11.5 Å². The van der Waals surface area contributed by atoms with Crippen LogP contribution in [0.3, 0.4) is 0 Å². The molecule has 1 aliphatic rings. The van der Waals surface area contributed by atoms with Crippen LogP contribution in [0.1, 0.15) is 24.3 Å². The third kappa shape index (κ3) is 4.90. The van der Waals surface area contributed by atoms with Crippen molar-refractivity contribution in [3.63, 3.8) is 0 Å². The van der Waals surface area contributed by atoms with Gasteiger partial charge in [-0.15, -0.1) is 0 Å². The van der Waals surface area contributed by atoms with Crippen LogP contribution in [-0.2, 0) is 4.79 Å². The van der Waals surface area contributed by atoms with Gasteiger partial charge in [-0.1, -0.05) is 83.6 Å². The van der Waals surface area contributed by atoms with Gasteiger partial charge >= 0.3 is 0 Å². The quantitative estimate of drug-likeness (QED) is 0.300. The van der Waals surface area contributed by atoms with Gasteiger partial charge in [-0.25, -0.2) is 4.99 Å². The predicted octanol–water partition coefficient (Wildman–Crippen LogP) is 5.79. The predicted molar refractivity (Wildman–Crippen MR) is 154 cm³/mol. The molecule has 1 aliphatic heterocycles. The Hall–Kier alpha value is -4.46. The summed E-state index contributed by atoms with van der Waals surface area (Å²) in [5.74, 6) is 0.876. The standard InChI is InChI=1S/C31H22ClN3O3S/c1-19-27(29(36)34-23-13-6-3-7-14-23)28(20-9-4-2-5-10-20)35-30(37)26(39-31(35)33-19)18-24-15-16-25(38-24)21-11-8-12-22(32)17-21/h2-18,28H,1H3,(H,34,36). The minimum Gasteiger partial charge on any atom is -0.457 e. The lowest BCUT2D eigenvalue weighted by Gasteiger charge is -2.25. The van der Waals surface area contributed by atoms with Crippen LogP contribution in [0.5, 0.6) is 0 Å². The van der Waals surface area contributed by atoms with E-state index in [1.807, 2.05) is 91.0 Å². The second-order valence-electron chi connectivity index (χ2n) is 9.03. The third-order valence-corrected chi connectivity index (χ3v) is 7.64. The Morgan fingerprint density at radius 1 is 1.00 bits per heavy atom. The number of carbonyl (C=O) groups is 1. The fourth-order valence-corrected chi connectivity index (χ4v) is 5.86. The Bertz CT molecular complexity index is 1900. The molecule has 8 heteroatoms. The smallest absolute Gasteiger partial charge is 0.271 e. The van der Waals surface area contributed by atoms with Gasteiger partial charge in [0.15, 0.2) is 4.80 Å². The van der Waals surface area contributed by atoms with Crippen LogP contribution in [0.15, 0.2) is 123 Å². The molecule has 0 bridgehead atoms. The minimum atomic E-state index is -0.632. The molecule has 0 saturated carbocycles. The van der Waals surface area contributed by atoms with E-state index in [0.717, 1.165) is 11.1 Å². The molecule has 3 heterocycles. The van der Waals surface area contributed by atoms with Crippen LogP contribution >= 0.6 is 22.9 Å². The van der Waals surface area contributed by atoms with Crippen molar-refractivity contribution in [2.45, 2.75) is 13.0 Å². The second kappa shape index (κ2) is 10.4. The molecule has 3 aromatic carbocycles. The van der Waals surface area contributed by atoms with Gasteiger partial charge in [0.05, 0.1) is 21.8 Å². The number of benzene rings is 3. The summed E-state index contributed by atoms with van der Waals surface area (Å²) in [5.41, 5.74) is 3.07. The van der Waals surface area contributed by atoms with Gasteiger partial charge in [-0.2, -0.15) is 0 Å². The maximum Gasteiger partial charge on any atom is 0.271 e. The van der Waals surface area contributed by atoms with Crippen molar-refractivity contribution >= 4 is 40.6 Å². The zero-order valence-electron chi connectivity index (χ0n) is 20.8. The molecule has 6 nitrogen and oxygen atoms in total. The van der Waals surface area contributed by atoms with E-state index in [-0.39, 0.29) is 11.5 Å². The van der Waals surface area contributed by atoms with Crippen LogP contribution < -0.4 is 20.2 Å². The van der Waals surface area contributed by atoms with Crippen LogP contribution in [0.4, 0.5) is 5.69 Å². The first-order valence-corrected chi connectivity index (χ1v) is 13.5. The Morgan fingerprint density at radius 2 is 1.74 bits per heavy atom. The SMILES string of the molecule is CC1=C(C(=O)Nc2ccccc2)C(c2ccccc2)n2c(sc(=Cc3ccc(-c4cccc(Cl)c4)o3)c2=O)=N1. The summed E-state index contributed by atoms with van der Waals surface area (Å²) in [7, 11) is 0. The number of carbonyl (C=O) groups excluding carboxylic acids is 1. The van der Waals surface area contributed by atoms with E-state index >= 15 is 0 Å². The maximum absolute atomic E-state index is 13.8. The number of furan rings is 1. The summed E-state index contributed by atoms with van der Waals surface area (Å²) in [4.78, 5) is 32.6. The van der Waals surface area contributed by atoms with Crippen molar-refractivity contribution < 1.29 is 9.21 Å². The van der Waals surface area contributed by atoms with Gasteiger partial charge < -0.3 is 9.73 Å². The average Bonchev–Trinajstić information content (AvgIpc) is 3.53. The molecule has 0 radical (unpaired) electrons. The first kappa shape index (κ1) is 24.9. The number of halogens is 1. The number of nitrogens with one attached hydrogen (secondary N) is 1. The highest BCUT2D eigenvalue weighted by molar-refractivity contribution is 7.07. The highest BCUT2D eigenvalue weighted by atomic mass is 35.5. The lowest BCUT2D eigenvalue weighted by atomic mass is 9.95. The van der Waals surface area contributed by atoms with Crippen molar-refractivity contribution in [3.8, 4) is 11.3 Å². The molecule has 5 aromatic rings. The van der Waals surface area contributed by atoms with E-state index in [2.05, 4.69) is 10.3 Å². The highest BCUT2D eigenvalue weighted by Gasteiger charge is 2.32. The summed E-state index contributed by atoms with van der Waals surface area (Å²) in [5, 5.41) is 3.57. The van der Waals surface area contributed by atoms with E-state index in [4.69, 9.17) is 16.0 Å². The third-order valence-electron chi connectivity index (χ3n) is 6.42. The molecule has 0 fully saturated rings. The molecular formula is C31H22ClN3O3S. The Balaban J connectivity index is 1.44. The monoisotopic (exact) mass is 551 g/mol. The van der Waals surface area contributed by atoms with Crippen molar-refractivity contribution in [2.75, 3.05) is 5.32 Å². The van der Waals surface area contributed by atoms with E-state index < -0.39 is 6.04 Å². The molecular weight excluding hydrogens is 530 g/mol. The van der Waals surface area contributed by atoms with Crippen molar-refractivity contribution in [3.05, 3.63) is 144 Å². The number of aromatic nitrogens is 1. The zero-order valence-corrected chi connectivity index (χ0v) is 22.4. The van der Waals surface area contributed by atoms with Crippen LogP contribution in [0.25, 0.3) is 17.4 Å². The lowest BCUT2D eigenvalue weighted by molar-refractivity contribution is -0.113. The number of rotatable bonds is 5. The van der Waals surface area contributed by atoms with Gasteiger partial charge in [0.25, 0.3) is 11.5 Å². The maximum atomic E-state index is 13.8. The molecule has 39 heavy (non-hydrogen) atoms. The molecule has 6 rings (SSSR count). The fourth-order valence-electron chi connectivity index (χ4n) is 4.64. The van der Waals surface area contributed by atoms with Crippen LogP contribution in [-0.4, -0.2) is 10.5 Å². The Morgan fingerprint density at radius 3 is 2.49 bits per heavy atom. The number of fused-ring (bicyclic) bond motifs is 1. The van der Waals surface area contributed by atoms with E-state index in [0.29, 0.717) is 42.8 Å². The molecule has 0 aliphatic carbocycles.